The molecule has 0 spiro atoms. The minimum Gasteiger partial charge on any atom is -0.385 e. The number of hydrogen-bond donors (Lipinski definition) is 2. The predicted octanol–water partition coefficient (Wildman–Crippen LogP) is 1.77. The molecule has 1 aromatic heterocycles. The molecule has 38 heavy (non-hydrogen) atoms. The van der Waals surface area contributed by atoms with Crippen molar-refractivity contribution in [2.45, 2.75) is 45.2 Å². The van der Waals surface area contributed by atoms with Crippen LogP contribution in [-0.2, 0) is 20.8 Å². The van der Waals surface area contributed by atoms with Crippen molar-refractivity contribution in [3.05, 3.63) is 74.2 Å². The molecule has 198 valence electrons. The number of piperidine rings is 1. The molecule has 1 fully saturated rings. The molecule has 1 unspecified atom stereocenters. The van der Waals surface area contributed by atoms with E-state index in [0.29, 0.717) is 18.8 Å². The number of nitrogens with one attached hydrogen (secondary N) is 2. The molecule has 1 saturated heterocycles. The molecule has 5 heterocycles. The molecule has 0 aromatic carbocycles. The Labute approximate surface area is 226 Å². The van der Waals surface area contributed by atoms with Gasteiger partial charge in [0.15, 0.2) is 0 Å². The molecule has 1 atom stereocenters. The first kappa shape index (κ1) is 24.8. The molecule has 0 bridgehead atoms. The molecule has 10 heteroatoms. The van der Waals surface area contributed by atoms with Gasteiger partial charge in [0.2, 0.25) is 11.8 Å². The Bertz CT molecular complexity index is 1370. The Kier molecular flexibility index (Phi) is 6.31. The molecule has 6 rings (SSSR count). The Morgan fingerprint density at radius 3 is 2.74 bits per heavy atom. The summed E-state index contributed by atoms with van der Waals surface area (Å²) < 4.78 is 0. The van der Waals surface area contributed by atoms with Crippen LogP contribution in [-0.4, -0.2) is 82.7 Å². The fourth-order valence-electron chi connectivity index (χ4n) is 6.20. The second-order valence-corrected chi connectivity index (χ2v) is 11.8. The Morgan fingerprint density at radius 2 is 2.03 bits per heavy atom. The van der Waals surface area contributed by atoms with Gasteiger partial charge in [0.05, 0.1) is 29.6 Å². The van der Waals surface area contributed by atoms with Crippen LogP contribution in [0.15, 0.2) is 64.3 Å². The van der Waals surface area contributed by atoms with Crippen LogP contribution in [0.25, 0.3) is 0 Å². The zero-order valence-electron chi connectivity index (χ0n) is 21.9. The van der Waals surface area contributed by atoms with E-state index in [0.717, 1.165) is 63.8 Å². The average Bonchev–Trinajstić information content (AvgIpc) is 3.37. The van der Waals surface area contributed by atoms with Crippen LogP contribution in [0.2, 0.25) is 0 Å². The number of allylic oxidation sites excluding steroid dienone is 1. The summed E-state index contributed by atoms with van der Waals surface area (Å²) in [6.07, 6.45) is 11.9. The normalized spacial score (nSPS) is 23.6. The van der Waals surface area contributed by atoms with Crippen molar-refractivity contribution in [2.24, 2.45) is 0 Å². The van der Waals surface area contributed by atoms with Crippen LogP contribution in [0.5, 0.6) is 0 Å². The Hall–Kier alpha value is -3.50. The van der Waals surface area contributed by atoms with Crippen LogP contribution in [0.1, 0.15) is 29.7 Å². The van der Waals surface area contributed by atoms with Crippen molar-refractivity contribution < 1.29 is 14.4 Å². The summed E-state index contributed by atoms with van der Waals surface area (Å²) in [6.45, 7) is 6.35. The zero-order valence-corrected chi connectivity index (χ0v) is 22.7. The number of hydrogen-bond acceptors (Lipinski definition) is 7. The maximum atomic E-state index is 13.6. The van der Waals surface area contributed by atoms with Gasteiger partial charge in [-0.05, 0) is 43.1 Å². The van der Waals surface area contributed by atoms with Gasteiger partial charge in [-0.3, -0.25) is 19.3 Å². The first-order valence-corrected chi connectivity index (χ1v) is 13.9. The van der Waals surface area contributed by atoms with E-state index in [1.807, 2.05) is 37.2 Å². The number of carbonyl (C=O) groups excluding carboxylic acids is 3. The number of rotatable bonds is 4. The lowest BCUT2D eigenvalue weighted by Gasteiger charge is -2.42. The van der Waals surface area contributed by atoms with Gasteiger partial charge in [0.1, 0.15) is 0 Å². The third-order valence-corrected chi connectivity index (χ3v) is 8.99. The van der Waals surface area contributed by atoms with Gasteiger partial charge in [-0.25, -0.2) is 4.98 Å². The molecular formula is C28H32N6O3S. The summed E-state index contributed by atoms with van der Waals surface area (Å²) in [6, 6.07) is 0.174. The van der Waals surface area contributed by atoms with Crippen molar-refractivity contribution >= 4 is 29.1 Å². The molecular weight excluding hydrogens is 500 g/mol. The monoisotopic (exact) mass is 532 g/mol. The summed E-state index contributed by atoms with van der Waals surface area (Å²) in [5.74, 6) is 0.0109. The lowest BCUT2D eigenvalue weighted by molar-refractivity contribution is -0.130. The number of amides is 3. The van der Waals surface area contributed by atoms with E-state index in [1.165, 1.54) is 11.3 Å². The predicted molar refractivity (Wildman–Crippen MR) is 145 cm³/mol. The fourth-order valence-corrected chi connectivity index (χ4v) is 6.99. The van der Waals surface area contributed by atoms with Crippen molar-refractivity contribution in [3.63, 3.8) is 0 Å². The molecule has 3 amide bonds. The second kappa shape index (κ2) is 9.67. The number of carbonyl (C=O) groups is 3. The maximum Gasteiger partial charge on any atom is 0.258 e. The average molecular weight is 533 g/mol. The standard InChI is InChI=1S/C28H32N6O3S/c1-16-30-13-21(38-16)11-25(36)31-19-4-5-23-22(10-19)27-26-18(12-29-14-24(26)32(3)28(27)37)15-34(23)20-6-8-33(9-7-20)17(2)35/h4-5,10,12-13,20,23,29H,6-9,11,14-15H2,1-3H3,(H,31,36). The maximum absolute atomic E-state index is 13.6. The molecule has 9 nitrogen and oxygen atoms in total. The molecule has 2 N–H and O–H groups in total. The number of nitrogens with zero attached hydrogens (tertiary/aromatic N) is 4. The number of aryl methyl sites for hydroxylation is 1. The van der Waals surface area contributed by atoms with Crippen LogP contribution < -0.4 is 10.6 Å². The van der Waals surface area contributed by atoms with Gasteiger partial charge < -0.3 is 20.4 Å². The minimum absolute atomic E-state index is 0.00443. The van der Waals surface area contributed by atoms with Crippen LogP contribution in [0.3, 0.4) is 0 Å². The Balaban J connectivity index is 1.35. The van der Waals surface area contributed by atoms with Crippen molar-refractivity contribution in [1.82, 2.24) is 30.3 Å². The molecule has 4 aliphatic heterocycles. The second-order valence-electron chi connectivity index (χ2n) is 10.5. The smallest absolute Gasteiger partial charge is 0.258 e. The Morgan fingerprint density at radius 1 is 1.24 bits per heavy atom. The lowest BCUT2D eigenvalue weighted by atomic mass is 9.89. The molecule has 0 saturated carbocycles. The van der Waals surface area contributed by atoms with Crippen molar-refractivity contribution in [1.29, 1.82) is 0 Å². The summed E-state index contributed by atoms with van der Waals surface area (Å²) in [4.78, 5) is 49.7. The van der Waals surface area contributed by atoms with Gasteiger partial charge >= 0.3 is 0 Å². The molecule has 1 aliphatic carbocycles. The summed E-state index contributed by atoms with van der Waals surface area (Å²) >= 11 is 1.52. The van der Waals surface area contributed by atoms with Gasteiger partial charge in [-0.2, -0.15) is 0 Å². The van der Waals surface area contributed by atoms with Gasteiger partial charge in [0, 0.05) is 73.9 Å². The van der Waals surface area contributed by atoms with Crippen LogP contribution >= 0.6 is 11.3 Å². The van der Waals surface area contributed by atoms with E-state index < -0.39 is 0 Å². The third kappa shape index (κ3) is 4.31. The lowest BCUT2D eigenvalue weighted by Crippen LogP contribution is -2.50. The van der Waals surface area contributed by atoms with Crippen molar-refractivity contribution in [3.8, 4) is 0 Å². The van der Waals surface area contributed by atoms with Crippen LogP contribution in [0.4, 0.5) is 0 Å². The molecule has 1 aromatic rings. The molecule has 5 aliphatic rings. The van der Waals surface area contributed by atoms with E-state index in [4.69, 9.17) is 0 Å². The number of likely N-dealkylation sites (tertiary alicyclic amines) is 1. The van der Waals surface area contributed by atoms with Crippen LogP contribution in [0, 0.1) is 6.92 Å². The summed E-state index contributed by atoms with van der Waals surface area (Å²) in [5, 5.41) is 7.35. The summed E-state index contributed by atoms with van der Waals surface area (Å²) in [5.41, 5.74) is 5.49. The highest BCUT2D eigenvalue weighted by Crippen LogP contribution is 2.43. The number of aromatic nitrogens is 1. The fraction of sp³-hybridized carbons (Fsp3) is 0.429. The van der Waals surface area contributed by atoms with E-state index in [2.05, 4.69) is 26.6 Å². The van der Waals surface area contributed by atoms with E-state index in [-0.39, 0.29) is 36.2 Å². The highest BCUT2D eigenvalue weighted by molar-refractivity contribution is 7.11. The van der Waals surface area contributed by atoms with E-state index >= 15 is 0 Å². The van der Waals surface area contributed by atoms with Crippen molar-refractivity contribution in [2.75, 3.05) is 33.2 Å². The third-order valence-electron chi connectivity index (χ3n) is 8.08. The number of dihydropyridines is 1. The van der Waals surface area contributed by atoms with E-state index in [9.17, 15) is 14.4 Å². The van der Waals surface area contributed by atoms with E-state index in [1.54, 1.807) is 18.0 Å². The number of likely N-dealkylation sites (N-methyl/N-ethyl adjacent to an activating group) is 1. The zero-order chi connectivity index (χ0) is 26.6. The quantitative estimate of drug-likeness (QED) is 0.614. The SMILES string of the molecule is CC(=O)N1CCC(N2CC3=CNCC4=C3C(=C3C=C(NC(=O)Cc5cnc(C)s5)C=CC32)C(=O)N4C)CC1. The van der Waals surface area contributed by atoms with Gasteiger partial charge in [-0.15, -0.1) is 11.3 Å². The first-order valence-electron chi connectivity index (χ1n) is 13.1. The van der Waals surface area contributed by atoms with Gasteiger partial charge in [0.25, 0.3) is 5.91 Å². The largest absolute Gasteiger partial charge is 0.385 e. The highest BCUT2D eigenvalue weighted by Gasteiger charge is 2.44. The summed E-state index contributed by atoms with van der Waals surface area (Å²) in [7, 11) is 1.84. The first-order chi connectivity index (χ1) is 18.3. The highest BCUT2D eigenvalue weighted by atomic mass is 32.1. The van der Waals surface area contributed by atoms with Gasteiger partial charge in [-0.1, -0.05) is 6.08 Å². The number of thiazole rings is 1. The minimum atomic E-state index is -0.104. The molecule has 0 radical (unpaired) electrons. The topological polar surface area (TPSA) is 97.9 Å². The number of fused-ring (bicyclic) bond motifs is 1.